The molecule has 0 fully saturated rings. The highest BCUT2D eigenvalue weighted by Gasteiger charge is 2.24. The molecule has 0 amide bonds. The third-order valence-electron chi connectivity index (χ3n) is 12.2. The molecule has 0 spiro atoms. The molecule has 0 saturated carbocycles. The van der Waals surface area contributed by atoms with Crippen molar-refractivity contribution in [2.75, 3.05) is 0 Å². The molecule has 0 N–H and O–H groups in total. The molecular formula is C60H46OS. The Hall–Kier alpha value is -7.13. The molecule has 8 aromatic rings. The van der Waals surface area contributed by atoms with E-state index in [2.05, 4.69) is 225 Å². The summed E-state index contributed by atoms with van der Waals surface area (Å²) in [4.78, 5) is 1.21. The maximum absolute atomic E-state index is 6.66. The largest absolute Gasteiger partial charge is 0.456 e. The zero-order valence-electron chi connectivity index (χ0n) is 34.9. The van der Waals surface area contributed by atoms with Gasteiger partial charge in [0.2, 0.25) is 0 Å². The van der Waals surface area contributed by atoms with Crippen LogP contribution in [0.5, 0.6) is 0 Å². The molecule has 0 bridgehead atoms. The fourth-order valence-corrected chi connectivity index (χ4v) is 9.58. The Morgan fingerprint density at radius 3 is 2.16 bits per heavy atom. The molecule has 2 aliphatic carbocycles. The zero-order valence-corrected chi connectivity index (χ0v) is 35.7. The minimum Gasteiger partial charge on any atom is -0.456 e. The smallest absolute Gasteiger partial charge is 0.142 e. The summed E-state index contributed by atoms with van der Waals surface area (Å²) < 4.78 is 6.66. The fourth-order valence-electron chi connectivity index (χ4n) is 8.91. The van der Waals surface area contributed by atoms with E-state index in [1.807, 2.05) is 0 Å². The number of hydrogen-bond donors (Lipinski definition) is 0. The van der Waals surface area contributed by atoms with E-state index in [0.717, 1.165) is 58.4 Å². The Morgan fingerprint density at radius 1 is 0.613 bits per heavy atom. The predicted octanol–water partition coefficient (Wildman–Crippen LogP) is 16.8. The second kappa shape index (κ2) is 17.5. The van der Waals surface area contributed by atoms with Gasteiger partial charge in [-0.2, -0.15) is 0 Å². The van der Waals surface area contributed by atoms with E-state index in [0.29, 0.717) is 0 Å². The van der Waals surface area contributed by atoms with Crippen LogP contribution in [0.3, 0.4) is 0 Å². The fraction of sp³-hybridized carbons (Fsp3) is 0.0667. The van der Waals surface area contributed by atoms with E-state index in [1.165, 1.54) is 71.5 Å². The molecule has 298 valence electrons. The van der Waals surface area contributed by atoms with Crippen LogP contribution in [0, 0.1) is 0 Å². The lowest BCUT2D eigenvalue weighted by molar-refractivity contribution is 0.594. The van der Waals surface area contributed by atoms with Crippen molar-refractivity contribution in [2.24, 2.45) is 0 Å². The Labute approximate surface area is 369 Å². The predicted molar refractivity (Wildman–Crippen MR) is 267 cm³/mol. The summed E-state index contributed by atoms with van der Waals surface area (Å²) in [5.74, 6) is 0.981. The highest BCUT2D eigenvalue weighted by molar-refractivity contribution is 8.02. The van der Waals surface area contributed by atoms with Crippen LogP contribution in [-0.4, -0.2) is 0 Å². The lowest BCUT2D eigenvalue weighted by Crippen LogP contribution is -1.94. The average Bonchev–Trinajstić information content (AvgIpc) is 3.91. The topological polar surface area (TPSA) is 13.1 Å². The molecular weight excluding hydrogens is 769 g/mol. The van der Waals surface area contributed by atoms with Crippen molar-refractivity contribution >= 4 is 63.8 Å². The normalized spacial score (nSPS) is 13.5. The van der Waals surface area contributed by atoms with E-state index < -0.39 is 0 Å². The van der Waals surface area contributed by atoms with E-state index in [1.54, 1.807) is 11.8 Å². The second-order valence-corrected chi connectivity index (χ2v) is 17.0. The van der Waals surface area contributed by atoms with Gasteiger partial charge in [-0.05, 0) is 134 Å². The standard InChI is InChI=1S/C60H46OS/c1-41(44-30-27-43(28-31-44)29-32-46-16-6-7-17-47(46)38-39-62-50-35-33-48(34-36-50)45-14-4-3-5-15-45)26-37-52(56-23-13-24-57-55-20-10-11-25-59(55)61-60(56)57)42(2)51-21-12-22-54-53-19-9-8-18-49(53)40-58(51)54/h3-9,11-19,21-39H,1,10,20,40H2,2H3/b32-29-,37-26-,39-38+,52-42-. The first-order valence-corrected chi connectivity index (χ1v) is 22.3. The zero-order chi connectivity index (χ0) is 41.8. The summed E-state index contributed by atoms with van der Waals surface area (Å²) in [5, 5.41) is 3.38. The van der Waals surface area contributed by atoms with Gasteiger partial charge in [0.25, 0.3) is 0 Å². The first kappa shape index (κ1) is 39.0. The van der Waals surface area contributed by atoms with Crippen molar-refractivity contribution in [3.8, 4) is 22.3 Å². The van der Waals surface area contributed by atoms with Gasteiger partial charge in [0, 0.05) is 21.4 Å². The third kappa shape index (κ3) is 7.94. The van der Waals surface area contributed by atoms with E-state index >= 15 is 0 Å². The highest BCUT2D eigenvalue weighted by atomic mass is 32.2. The van der Waals surface area contributed by atoms with Gasteiger partial charge >= 0.3 is 0 Å². The van der Waals surface area contributed by atoms with E-state index in [-0.39, 0.29) is 0 Å². The van der Waals surface area contributed by atoms with Crippen LogP contribution in [0.1, 0.15) is 69.2 Å². The quantitative estimate of drug-likeness (QED) is 0.0733. The van der Waals surface area contributed by atoms with Gasteiger partial charge in [0.15, 0.2) is 0 Å². The molecule has 0 aliphatic heterocycles. The number of rotatable bonds is 11. The van der Waals surface area contributed by atoms with Crippen LogP contribution in [0.2, 0.25) is 0 Å². The summed E-state index contributed by atoms with van der Waals surface area (Å²) in [7, 11) is 0. The van der Waals surface area contributed by atoms with Gasteiger partial charge in [-0.3, -0.25) is 0 Å². The lowest BCUT2D eigenvalue weighted by atomic mass is 9.89. The van der Waals surface area contributed by atoms with Gasteiger partial charge in [0.1, 0.15) is 11.3 Å². The van der Waals surface area contributed by atoms with Crippen LogP contribution < -0.4 is 0 Å². The van der Waals surface area contributed by atoms with Crippen molar-refractivity contribution in [1.82, 2.24) is 0 Å². The molecule has 0 radical (unpaired) electrons. The number of para-hydroxylation sites is 1. The number of hydrogen-bond acceptors (Lipinski definition) is 2. The number of furan rings is 1. The first-order chi connectivity index (χ1) is 30.6. The van der Waals surface area contributed by atoms with Crippen molar-refractivity contribution in [3.63, 3.8) is 0 Å². The Balaban J connectivity index is 0.894. The van der Waals surface area contributed by atoms with Crippen molar-refractivity contribution in [3.05, 3.63) is 250 Å². The van der Waals surface area contributed by atoms with Crippen molar-refractivity contribution in [2.45, 2.75) is 31.1 Å². The maximum atomic E-state index is 6.66. The lowest BCUT2D eigenvalue weighted by Gasteiger charge is -2.15. The highest BCUT2D eigenvalue weighted by Crippen LogP contribution is 2.43. The monoisotopic (exact) mass is 814 g/mol. The van der Waals surface area contributed by atoms with Gasteiger partial charge in [-0.15, -0.1) is 0 Å². The SMILES string of the molecule is C=C(/C=C\C(=C(/C)c1cccc2c1Cc1ccccc1-2)c1cccc2c3c(oc12)C=CCC3)c1ccc(/C=C\c2ccccc2/C=C/Sc2ccc(-c3ccccc3)cc2)cc1. The molecule has 1 aromatic heterocycles. The average molecular weight is 815 g/mol. The van der Waals surface area contributed by atoms with E-state index in [9.17, 15) is 0 Å². The first-order valence-electron chi connectivity index (χ1n) is 21.4. The summed E-state index contributed by atoms with van der Waals surface area (Å²) >= 11 is 1.73. The molecule has 10 rings (SSSR count). The summed E-state index contributed by atoms with van der Waals surface area (Å²) in [6.45, 7) is 6.82. The van der Waals surface area contributed by atoms with Crippen molar-refractivity contribution in [1.29, 1.82) is 0 Å². The van der Waals surface area contributed by atoms with Crippen LogP contribution in [0.15, 0.2) is 203 Å². The number of fused-ring (bicyclic) bond motifs is 6. The molecule has 1 heterocycles. The summed E-state index contributed by atoms with van der Waals surface area (Å²) in [6.07, 6.45) is 18.3. The van der Waals surface area contributed by atoms with Gasteiger partial charge in [0.05, 0.1) is 0 Å². The minimum absolute atomic E-state index is 0.930. The Bertz CT molecular complexity index is 3110. The number of aryl methyl sites for hydroxylation is 1. The van der Waals surface area contributed by atoms with E-state index in [4.69, 9.17) is 4.42 Å². The number of thioether (sulfide) groups is 1. The summed E-state index contributed by atoms with van der Waals surface area (Å²) in [6, 6.07) is 58.6. The second-order valence-electron chi connectivity index (χ2n) is 16.0. The minimum atomic E-state index is 0.930. The molecule has 1 nitrogen and oxygen atoms in total. The molecule has 0 saturated heterocycles. The van der Waals surface area contributed by atoms with Crippen LogP contribution in [0.25, 0.3) is 74.2 Å². The van der Waals surface area contributed by atoms with Gasteiger partial charge < -0.3 is 4.42 Å². The molecule has 0 unspecified atom stereocenters. The Kier molecular flexibility index (Phi) is 11.0. The molecule has 7 aromatic carbocycles. The number of benzene rings is 7. The molecule has 62 heavy (non-hydrogen) atoms. The van der Waals surface area contributed by atoms with Crippen LogP contribution in [-0.2, 0) is 12.8 Å². The van der Waals surface area contributed by atoms with Gasteiger partial charge in [-0.25, -0.2) is 0 Å². The Morgan fingerprint density at radius 2 is 1.32 bits per heavy atom. The maximum Gasteiger partial charge on any atom is 0.142 e. The van der Waals surface area contributed by atoms with Crippen molar-refractivity contribution < 1.29 is 4.42 Å². The number of allylic oxidation sites excluding steroid dienone is 6. The molecule has 0 atom stereocenters. The molecule has 2 aliphatic rings. The van der Waals surface area contributed by atoms with Crippen LogP contribution in [0.4, 0.5) is 0 Å². The molecule has 2 heteroatoms. The summed E-state index contributed by atoms with van der Waals surface area (Å²) in [5.41, 5.74) is 20.4. The van der Waals surface area contributed by atoms with Gasteiger partial charge in [-0.1, -0.05) is 200 Å². The van der Waals surface area contributed by atoms with Crippen LogP contribution >= 0.6 is 11.8 Å². The third-order valence-corrected chi connectivity index (χ3v) is 13.0.